The number of amides is 1. The van der Waals surface area contributed by atoms with E-state index in [1.807, 2.05) is 85.2 Å². The quantitative estimate of drug-likeness (QED) is 0.225. The zero-order valence-corrected chi connectivity index (χ0v) is 21.7. The second-order valence-electron chi connectivity index (χ2n) is 8.64. The number of rotatable bonds is 9. The number of H-pyrrole nitrogens is 1. The number of hydrogen-bond donors (Lipinski definition) is 1. The second kappa shape index (κ2) is 11.9. The first-order valence-electron chi connectivity index (χ1n) is 12.0. The van der Waals surface area contributed by atoms with E-state index < -0.39 is 0 Å². The van der Waals surface area contributed by atoms with Crippen LogP contribution >= 0.6 is 22.9 Å². The number of aromatic nitrogens is 1. The summed E-state index contributed by atoms with van der Waals surface area (Å²) in [5.41, 5.74) is 6.15. The molecule has 4 nitrogen and oxygen atoms in total. The fourth-order valence-electron chi connectivity index (χ4n) is 4.13. The molecule has 2 N–H and O–H groups in total. The third-order valence-electron chi connectivity index (χ3n) is 5.95. The molecule has 0 saturated carbocycles. The van der Waals surface area contributed by atoms with Crippen molar-refractivity contribution in [3.63, 3.8) is 0 Å². The number of nitrogens with one attached hydrogen (secondary N) is 2. The van der Waals surface area contributed by atoms with Gasteiger partial charge in [-0.3, -0.25) is 4.79 Å². The van der Waals surface area contributed by atoms with Crippen LogP contribution in [-0.2, 0) is 24.4 Å². The van der Waals surface area contributed by atoms with Gasteiger partial charge in [-0.15, -0.1) is 11.3 Å². The van der Waals surface area contributed by atoms with E-state index in [-0.39, 0.29) is 5.91 Å². The molecule has 6 heteroatoms. The van der Waals surface area contributed by atoms with Crippen LogP contribution in [0, 0.1) is 0 Å². The molecular formula is C31H26ClN2O2S+. The fraction of sp³-hybridized carbons (Fsp3) is 0.0968. The normalized spacial score (nSPS) is 10.7. The third kappa shape index (κ3) is 6.45. The van der Waals surface area contributed by atoms with Crippen LogP contribution in [0.3, 0.4) is 0 Å². The standard InChI is InChI=1S/C31H25ClN2O2S/c32-26-11-12-29(36-21-22-6-2-1-3-7-22)28(18-26)27-13-15-37-31(27)25-10-4-8-23(16-25)17-30(35)34-20-24-9-5-14-33-19-24/h1-16,18-19H,17,20-21H2,(H,34,35)/p+1. The van der Waals surface area contributed by atoms with E-state index in [2.05, 4.69) is 33.9 Å². The van der Waals surface area contributed by atoms with Crippen molar-refractivity contribution in [1.29, 1.82) is 0 Å². The van der Waals surface area contributed by atoms with Gasteiger partial charge < -0.3 is 10.1 Å². The van der Waals surface area contributed by atoms with Gasteiger partial charge >= 0.3 is 0 Å². The van der Waals surface area contributed by atoms with Crippen molar-refractivity contribution in [1.82, 2.24) is 5.32 Å². The van der Waals surface area contributed by atoms with Crippen LogP contribution in [0.25, 0.3) is 21.6 Å². The molecule has 0 atom stereocenters. The van der Waals surface area contributed by atoms with E-state index in [1.54, 1.807) is 11.3 Å². The average Bonchev–Trinajstić information content (AvgIpc) is 3.43. The first kappa shape index (κ1) is 24.8. The van der Waals surface area contributed by atoms with E-state index >= 15 is 0 Å². The molecule has 0 aliphatic rings. The molecule has 0 radical (unpaired) electrons. The molecule has 5 rings (SSSR count). The second-order valence-corrected chi connectivity index (χ2v) is 10.00. The number of carbonyl (C=O) groups excluding carboxylic acids is 1. The molecule has 37 heavy (non-hydrogen) atoms. The number of hydrogen-bond acceptors (Lipinski definition) is 3. The molecule has 1 amide bonds. The van der Waals surface area contributed by atoms with Crippen molar-refractivity contribution in [2.45, 2.75) is 19.6 Å². The smallest absolute Gasteiger partial charge is 0.224 e. The van der Waals surface area contributed by atoms with E-state index in [4.69, 9.17) is 16.3 Å². The van der Waals surface area contributed by atoms with Gasteiger partial charge in [-0.25, -0.2) is 4.98 Å². The van der Waals surface area contributed by atoms with Gasteiger partial charge in [-0.05, 0) is 58.5 Å². The highest BCUT2D eigenvalue weighted by molar-refractivity contribution is 7.14. The minimum absolute atomic E-state index is 0.0150. The average molecular weight is 526 g/mol. The van der Waals surface area contributed by atoms with E-state index in [0.29, 0.717) is 24.6 Å². The van der Waals surface area contributed by atoms with Gasteiger partial charge in [-0.2, -0.15) is 0 Å². The molecule has 0 saturated heterocycles. The molecule has 2 aromatic heterocycles. The van der Waals surface area contributed by atoms with E-state index in [9.17, 15) is 4.79 Å². The monoisotopic (exact) mass is 525 g/mol. The fourth-order valence-corrected chi connectivity index (χ4v) is 5.21. The number of halogens is 1. The Balaban J connectivity index is 1.35. The van der Waals surface area contributed by atoms with Crippen molar-refractivity contribution in [3.05, 3.63) is 130 Å². The lowest BCUT2D eigenvalue weighted by atomic mass is 10.00. The predicted octanol–water partition coefficient (Wildman–Crippen LogP) is 6.99. The van der Waals surface area contributed by atoms with Gasteiger partial charge in [-0.1, -0.05) is 60.1 Å². The molecule has 3 aromatic carbocycles. The number of benzene rings is 3. The number of pyridine rings is 1. The Kier molecular flexibility index (Phi) is 7.94. The van der Waals surface area contributed by atoms with Crippen LogP contribution in [-0.4, -0.2) is 5.91 Å². The topological polar surface area (TPSA) is 52.5 Å². The highest BCUT2D eigenvalue weighted by Gasteiger charge is 2.16. The maximum atomic E-state index is 12.6. The largest absolute Gasteiger partial charge is 0.488 e. The Morgan fingerprint density at radius 1 is 0.865 bits per heavy atom. The Hall–Kier alpha value is -3.93. The number of ether oxygens (including phenoxy) is 1. The lowest BCUT2D eigenvalue weighted by Crippen LogP contribution is -2.25. The van der Waals surface area contributed by atoms with Gasteiger partial charge in [0, 0.05) is 39.2 Å². The van der Waals surface area contributed by atoms with Crippen LogP contribution in [0.2, 0.25) is 5.02 Å². The zero-order valence-electron chi connectivity index (χ0n) is 20.1. The van der Waals surface area contributed by atoms with Crippen molar-refractivity contribution in [2.24, 2.45) is 0 Å². The van der Waals surface area contributed by atoms with Gasteiger partial charge in [0.05, 0.1) is 6.42 Å². The minimum Gasteiger partial charge on any atom is -0.488 e. The highest BCUT2D eigenvalue weighted by Crippen LogP contribution is 2.42. The first-order valence-corrected chi connectivity index (χ1v) is 13.3. The number of aromatic amines is 1. The summed E-state index contributed by atoms with van der Waals surface area (Å²) < 4.78 is 6.22. The molecule has 2 heterocycles. The molecule has 0 unspecified atom stereocenters. The molecule has 184 valence electrons. The van der Waals surface area contributed by atoms with Gasteiger partial charge in [0.15, 0.2) is 12.4 Å². The Labute approximate surface area is 225 Å². The lowest BCUT2D eigenvalue weighted by molar-refractivity contribution is -0.378. The molecule has 5 aromatic rings. The van der Waals surface area contributed by atoms with Crippen LogP contribution < -0.4 is 15.0 Å². The van der Waals surface area contributed by atoms with Gasteiger partial charge in [0.2, 0.25) is 5.91 Å². The lowest BCUT2D eigenvalue weighted by Gasteiger charge is -2.14. The number of thiophene rings is 1. The molecule has 0 spiro atoms. The summed E-state index contributed by atoms with van der Waals surface area (Å²) in [6, 6.07) is 30.0. The SMILES string of the molecule is O=C(Cc1cccc(-c2sccc2-c2cc(Cl)ccc2OCc2ccccc2)c1)NCc1ccc[nH+]c1. The maximum absolute atomic E-state index is 12.6. The summed E-state index contributed by atoms with van der Waals surface area (Å²) in [6.07, 6.45) is 4.04. The maximum Gasteiger partial charge on any atom is 0.224 e. The highest BCUT2D eigenvalue weighted by atomic mass is 35.5. The van der Waals surface area contributed by atoms with Crippen LogP contribution in [0.1, 0.15) is 16.7 Å². The van der Waals surface area contributed by atoms with Crippen LogP contribution in [0.5, 0.6) is 5.75 Å². The summed E-state index contributed by atoms with van der Waals surface area (Å²) in [5.74, 6) is 0.764. The van der Waals surface area contributed by atoms with Gasteiger partial charge in [0.25, 0.3) is 0 Å². The summed E-state index contributed by atoms with van der Waals surface area (Å²) in [4.78, 5) is 16.7. The molecule has 0 aliphatic carbocycles. The summed E-state index contributed by atoms with van der Waals surface area (Å²) in [7, 11) is 0. The molecule has 0 fully saturated rings. The van der Waals surface area contributed by atoms with E-state index in [1.165, 1.54) is 0 Å². The zero-order chi connectivity index (χ0) is 25.5. The van der Waals surface area contributed by atoms with E-state index in [0.717, 1.165) is 44.0 Å². The van der Waals surface area contributed by atoms with Crippen LogP contribution in [0.4, 0.5) is 0 Å². The van der Waals surface area contributed by atoms with Gasteiger partial charge in [0.1, 0.15) is 12.4 Å². The Bertz CT molecular complexity index is 1490. The van der Waals surface area contributed by atoms with Crippen molar-refractivity contribution in [3.8, 4) is 27.3 Å². The van der Waals surface area contributed by atoms with Crippen LogP contribution in [0.15, 0.2) is 109 Å². The predicted molar refractivity (Wildman–Crippen MR) is 150 cm³/mol. The summed E-state index contributed by atoms with van der Waals surface area (Å²) in [6.45, 7) is 0.964. The minimum atomic E-state index is -0.0150. The molecular weight excluding hydrogens is 500 g/mol. The summed E-state index contributed by atoms with van der Waals surface area (Å²) in [5, 5.41) is 5.72. The van der Waals surface area contributed by atoms with Crippen molar-refractivity contribution in [2.75, 3.05) is 0 Å². The molecule has 0 bridgehead atoms. The third-order valence-corrected chi connectivity index (χ3v) is 7.15. The Morgan fingerprint density at radius 3 is 2.54 bits per heavy atom. The molecule has 0 aliphatic heterocycles. The number of carbonyl (C=O) groups is 1. The summed E-state index contributed by atoms with van der Waals surface area (Å²) >= 11 is 8.07. The van der Waals surface area contributed by atoms with Crippen molar-refractivity contribution < 1.29 is 14.5 Å². The van der Waals surface area contributed by atoms with Crippen molar-refractivity contribution >= 4 is 28.8 Å². The first-order chi connectivity index (χ1) is 18.2. The Morgan fingerprint density at radius 2 is 1.70 bits per heavy atom.